The largest absolute Gasteiger partial charge is 0.468 e. The molecule has 0 aliphatic heterocycles. The zero-order valence-corrected chi connectivity index (χ0v) is 29.4. The molecule has 52 heavy (non-hydrogen) atoms. The normalized spacial score (nSPS) is 13.2. The van der Waals surface area contributed by atoms with Crippen LogP contribution in [0.15, 0.2) is 65.8 Å². The monoisotopic (exact) mass is 723 g/mol. The summed E-state index contributed by atoms with van der Waals surface area (Å²) < 4.78 is 10.0. The molecule has 0 unspecified atom stereocenters. The minimum Gasteiger partial charge on any atom is -0.468 e. The van der Waals surface area contributed by atoms with E-state index in [4.69, 9.17) is 10.5 Å². The molecule has 8 N–H and O–H groups in total. The lowest BCUT2D eigenvalue weighted by atomic mass is 10.0. The lowest BCUT2D eigenvalue weighted by molar-refractivity contribution is -0.525. The highest BCUT2D eigenvalue weighted by Gasteiger charge is 2.31. The number of rotatable bonds is 17. The number of amides is 4. The number of hydrogen-bond donors (Lipinski definition) is 7. The molecule has 18 heteroatoms. The van der Waals surface area contributed by atoms with E-state index >= 15 is 0 Å². The molecule has 2 aromatic carbocycles. The number of guanidine groups is 1. The molecule has 1 aromatic heterocycles. The van der Waals surface area contributed by atoms with Gasteiger partial charge in [-0.2, -0.15) is 0 Å². The third-order valence-electron chi connectivity index (χ3n) is 7.43. The molecule has 18 nitrogen and oxygen atoms in total. The highest BCUT2D eigenvalue weighted by molar-refractivity contribution is 5.95. The standard InChI is InChI=1S/C34H45N9O9/c1-34(2,3)52-33(48)41-26(17-21-11-6-5-7-12-21)31(47)39-25(15-10-16-36-32(35)42-43(49)50)30(46)40-27(29(45)38-20-28(44)51-4)18-22-19-37-24-14-9-8-13-23(22)24/h5-9,11-14,19,25-27,37H,10,15-18,20H2,1-4H3,(H,38,45)(H,39,47)(H,40,46)(H,41,48)(H3,35,36,42)/t25-,26-,27-/m0/s1. The Morgan fingerprint density at radius 3 is 2.21 bits per heavy atom. The number of benzene rings is 2. The van der Waals surface area contributed by atoms with E-state index in [1.165, 1.54) is 7.11 Å². The number of hydrazine groups is 1. The summed E-state index contributed by atoms with van der Waals surface area (Å²) in [6, 6.07) is 12.5. The molecule has 0 saturated heterocycles. The van der Waals surface area contributed by atoms with Crippen molar-refractivity contribution >= 4 is 46.6 Å². The number of aromatic amines is 1. The van der Waals surface area contributed by atoms with E-state index in [0.717, 1.165) is 10.9 Å². The number of carbonyl (C=O) groups is 5. The summed E-state index contributed by atoms with van der Waals surface area (Å²) in [5, 5.41) is 21.0. The van der Waals surface area contributed by atoms with Gasteiger partial charge in [0.1, 0.15) is 30.3 Å². The Bertz CT molecular complexity index is 1740. The summed E-state index contributed by atoms with van der Waals surface area (Å²) in [4.78, 5) is 83.4. The van der Waals surface area contributed by atoms with Gasteiger partial charge in [0.25, 0.3) is 5.96 Å². The van der Waals surface area contributed by atoms with Crippen molar-refractivity contribution in [3.8, 4) is 0 Å². The fourth-order valence-electron chi connectivity index (χ4n) is 5.03. The Labute approximate surface area is 299 Å². The van der Waals surface area contributed by atoms with E-state index in [2.05, 4.69) is 36.0 Å². The van der Waals surface area contributed by atoms with E-state index < -0.39 is 71.0 Å². The summed E-state index contributed by atoms with van der Waals surface area (Å²) in [5.41, 5.74) is 8.59. The Morgan fingerprint density at radius 2 is 1.54 bits per heavy atom. The zero-order chi connectivity index (χ0) is 38.3. The second-order valence-corrected chi connectivity index (χ2v) is 12.6. The third-order valence-corrected chi connectivity index (χ3v) is 7.43. The van der Waals surface area contributed by atoms with Crippen molar-refractivity contribution in [1.29, 1.82) is 0 Å². The molecule has 0 spiro atoms. The number of aromatic nitrogens is 1. The van der Waals surface area contributed by atoms with Gasteiger partial charge in [0.15, 0.2) is 5.03 Å². The van der Waals surface area contributed by atoms with Crippen molar-refractivity contribution in [2.75, 3.05) is 20.2 Å². The van der Waals surface area contributed by atoms with Crippen molar-refractivity contribution < 1.29 is 38.5 Å². The summed E-state index contributed by atoms with van der Waals surface area (Å²) in [7, 11) is 1.17. The molecule has 0 aliphatic rings. The van der Waals surface area contributed by atoms with Crippen LogP contribution in [0.1, 0.15) is 44.7 Å². The number of nitrogens with two attached hydrogens (primary N) is 1. The van der Waals surface area contributed by atoms with Gasteiger partial charge in [0, 0.05) is 36.5 Å². The van der Waals surface area contributed by atoms with Crippen molar-refractivity contribution in [2.45, 2.75) is 70.2 Å². The van der Waals surface area contributed by atoms with E-state index in [1.54, 1.807) is 62.7 Å². The molecule has 0 bridgehead atoms. The Hall–Kier alpha value is -6.20. The van der Waals surface area contributed by atoms with E-state index in [1.807, 2.05) is 24.3 Å². The van der Waals surface area contributed by atoms with Gasteiger partial charge < -0.3 is 41.5 Å². The number of carbonyl (C=O) groups excluding carboxylic acids is 5. The first kappa shape index (κ1) is 40.2. The molecular weight excluding hydrogens is 678 g/mol. The van der Waals surface area contributed by atoms with Crippen LogP contribution in [0.4, 0.5) is 4.79 Å². The predicted octanol–water partition coefficient (Wildman–Crippen LogP) is 0.981. The molecular formula is C34H45N9O9. The zero-order valence-electron chi connectivity index (χ0n) is 29.4. The predicted molar refractivity (Wildman–Crippen MR) is 190 cm³/mol. The highest BCUT2D eigenvalue weighted by Crippen LogP contribution is 2.19. The number of nitro groups is 1. The molecule has 1 heterocycles. The van der Waals surface area contributed by atoms with Gasteiger partial charge >= 0.3 is 12.1 Å². The SMILES string of the molecule is COC(=O)CNC(=O)[C@H](Cc1c[nH]c2ccccc12)NC(=O)[C@H](CCCN=C(N)N[N+](=O)[O-])NC(=O)[C@H](Cc1ccccc1)NC(=O)OC(C)(C)C. The van der Waals surface area contributed by atoms with Crippen molar-refractivity contribution in [3.05, 3.63) is 82.0 Å². The second kappa shape index (κ2) is 19.3. The average molecular weight is 724 g/mol. The van der Waals surface area contributed by atoms with Crippen molar-refractivity contribution in [3.63, 3.8) is 0 Å². The van der Waals surface area contributed by atoms with Crippen LogP contribution in [0, 0.1) is 10.1 Å². The molecule has 280 valence electrons. The van der Waals surface area contributed by atoms with Crippen LogP contribution in [0.5, 0.6) is 0 Å². The number of esters is 1. The summed E-state index contributed by atoms with van der Waals surface area (Å²) in [5.74, 6) is -3.34. The number of methoxy groups -OCH3 is 1. The van der Waals surface area contributed by atoms with Gasteiger partial charge in [0.05, 0.1) is 7.11 Å². The minimum atomic E-state index is -1.29. The number of hydrogen-bond acceptors (Lipinski definition) is 10. The van der Waals surface area contributed by atoms with Crippen LogP contribution in [0.2, 0.25) is 0 Å². The van der Waals surface area contributed by atoms with E-state index in [-0.39, 0.29) is 32.2 Å². The van der Waals surface area contributed by atoms with Gasteiger partial charge in [-0.1, -0.05) is 54.0 Å². The van der Waals surface area contributed by atoms with Crippen LogP contribution < -0.4 is 32.4 Å². The first-order valence-corrected chi connectivity index (χ1v) is 16.4. The number of aliphatic imine (C=N–C) groups is 1. The topological polar surface area (TPSA) is 261 Å². The van der Waals surface area contributed by atoms with Gasteiger partial charge in [-0.25, -0.2) is 19.9 Å². The Balaban J connectivity index is 1.90. The third kappa shape index (κ3) is 13.6. The van der Waals surface area contributed by atoms with Gasteiger partial charge in [-0.05, 0) is 50.8 Å². The smallest absolute Gasteiger partial charge is 0.408 e. The van der Waals surface area contributed by atoms with E-state index in [9.17, 15) is 34.1 Å². The maximum atomic E-state index is 14.0. The van der Waals surface area contributed by atoms with Gasteiger partial charge in [-0.3, -0.25) is 19.2 Å². The minimum absolute atomic E-state index is 0.00758. The maximum Gasteiger partial charge on any atom is 0.408 e. The van der Waals surface area contributed by atoms with Gasteiger partial charge in [-0.15, -0.1) is 0 Å². The average Bonchev–Trinajstić information content (AvgIpc) is 3.49. The molecule has 3 aromatic rings. The lowest BCUT2D eigenvalue weighted by Gasteiger charge is -2.26. The fraction of sp³-hybridized carbons (Fsp3) is 0.412. The molecule has 0 fully saturated rings. The molecule has 0 radical (unpaired) electrons. The first-order chi connectivity index (χ1) is 24.6. The van der Waals surface area contributed by atoms with Crippen molar-refractivity contribution in [2.24, 2.45) is 10.7 Å². The molecule has 4 amide bonds. The first-order valence-electron chi connectivity index (χ1n) is 16.4. The van der Waals surface area contributed by atoms with Crippen molar-refractivity contribution in [1.82, 2.24) is 31.7 Å². The lowest BCUT2D eigenvalue weighted by Crippen LogP contribution is -2.58. The molecule has 3 rings (SSSR count). The number of nitrogens with one attached hydrogen (secondary N) is 6. The molecule has 3 atom stereocenters. The number of para-hydroxylation sites is 1. The molecule has 0 saturated carbocycles. The number of H-pyrrole nitrogens is 1. The quantitative estimate of drug-likeness (QED) is 0.0258. The Kier molecular flexibility index (Phi) is 14.9. The second-order valence-electron chi connectivity index (χ2n) is 12.6. The van der Waals surface area contributed by atoms with Gasteiger partial charge in [0.2, 0.25) is 17.7 Å². The maximum absolute atomic E-state index is 14.0. The summed E-state index contributed by atoms with van der Waals surface area (Å²) in [6.07, 6.45) is 0.965. The molecule has 0 aliphatic carbocycles. The van der Waals surface area contributed by atoms with E-state index in [0.29, 0.717) is 11.1 Å². The number of ether oxygens (including phenoxy) is 2. The fourth-order valence-corrected chi connectivity index (χ4v) is 5.03. The number of alkyl carbamates (subject to hydrolysis) is 1. The number of nitrogens with zero attached hydrogens (tertiary/aromatic N) is 2. The van der Waals surface area contributed by atoms with Crippen LogP contribution in [0.3, 0.4) is 0 Å². The van der Waals surface area contributed by atoms with Crippen LogP contribution >= 0.6 is 0 Å². The van der Waals surface area contributed by atoms with Crippen LogP contribution in [-0.4, -0.2) is 89.7 Å². The summed E-state index contributed by atoms with van der Waals surface area (Å²) >= 11 is 0. The Morgan fingerprint density at radius 1 is 0.904 bits per heavy atom. The number of fused-ring (bicyclic) bond motifs is 1. The van der Waals surface area contributed by atoms with Crippen LogP contribution in [0.25, 0.3) is 10.9 Å². The highest BCUT2D eigenvalue weighted by atomic mass is 16.7. The van der Waals surface area contributed by atoms with Crippen LogP contribution in [-0.2, 0) is 41.5 Å². The summed E-state index contributed by atoms with van der Waals surface area (Å²) in [6.45, 7) is 4.50.